The molecule has 0 saturated carbocycles. The summed E-state index contributed by atoms with van der Waals surface area (Å²) in [4.78, 5) is 22.1. The first kappa shape index (κ1) is 13.2. The van der Waals surface area contributed by atoms with Gasteiger partial charge < -0.3 is 16.0 Å². The van der Waals surface area contributed by atoms with Gasteiger partial charge in [0.25, 0.3) is 0 Å². The second-order valence-electron chi connectivity index (χ2n) is 3.69. The van der Waals surface area contributed by atoms with Crippen LogP contribution in [0.5, 0.6) is 0 Å². The molecule has 0 unspecified atom stereocenters. The largest absolute Gasteiger partial charge is 0.347 e. The van der Waals surface area contributed by atoms with Gasteiger partial charge in [-0.3, -0.25) is 9.59 Å². The lowest BCUT2D eigenvalue weighted by Crippen LogP contribution is -2.31. The molecule has 2 amide bonds. The van der Waals surface area contributed by atoms with Crippen LogP contribution >= 0.6 is 0 Å². The van der Waals surface area contributed by atoms with Crippen LogP contribution in [0.15, 0.2) is 24.3 Å². The Morgan fingerprint density at radius 3 is 2.71 bits per heavy atom. The van der Waals surface area contributed by atoms with Crippen LogP contribution < -0.4 is 16.0 Å². The number of amides is 2. The summed E-state index contributed by atoms with van der Waals surface area (Å²) in [7, 11) is 1.86. The van der Waals surface area contributed by atoms with Crippen molar-refractivity contribution in [2.45, 2.75) is 13.5 Å². The molecule has 0 radical (unpaired) electrons. The molecule has 3 N–H and O–H groups in total. The van der Waals surface area contributed by atoms with E-state index in [4.69, 9.17) is 0 Å². The van der Waals surface area contributed by atoms with E-state index in [1.165, 1.54) is 6.92 Å². The van der Waals surface area contributed by atoms with Gasteiger partial charge in [0.2, 0.25) is 11.8 Å². The molecular weight excluding hydrogens is 218 g/mol. The van der Waals surface area contributed by atoms with Gasteiger partial charge >= 0.3 is 0 Å². The Labute approximate surface area is 101 Å². The quantitative estimate of drug-likeness (QED) is 0.695. The molecule has 1 rings (SSSR count). The summed E-state index contributed by atoms with van der Waals surface area (Å²) in [6, 6.07) is 7.55. The van der Waals surface area contributed by atoms with Gasteiger partial charge in [0.15, 0.2) is 0 Å². The Hall–Kier alpha value is -1.88. The Bertz CT molecular complexity index is 404. The maximum absolute atomic E-state index is 11.4. The minimum atomic E-state index is -0.234. The molecule has 0 saturated heterocycles. The van der Waals surface area contributed by atoms with Crippen molar-refractivity contribution in [2.24, 2.45) is 0 Å². The molecule has 5 nitrogen and oxygen atoms in total. The van der Waals surface area contributed by atoms with Gasteiger partial charge in [0.05, 0.1) is 6.54 Å². The second-order valence-corrected chi connectivity index (χ2v) is 3.69. The van der Waals surface area contributed by atoms with Gasteiger partial charge in [0, 0.05) is 19.2 Å². The number of benzene rings is 1. The molecule has 92 valence electrons. The van der Waals surface area contributed by atoms with Gasteiger partial charge in [-0.25, -0.2) is 0 Å². The van der Waals surface area contributed by atoms with Gasteiger partial charge in [-0.05, 0) is 24.7 Å². The Balaban J connectivity index is 2.52. The SMILES string of the molecule is CNCc1cccc(NC(=O)CNC(C)=O)c1. The van der Waals surface area contributed by atoms with E-state index in [-0.39, 0.29) is 18.4 Å². The van der Waals surface area contributed by atoms with Crippen molar-refractivity contribution < 1.29 is 9.59 Å². The summed E-state index contributed by atoms with van der Waals surface area (Å²) in [6.45, 7) is 2.11. The lowest BCUT2D eigenvalue weighted by molar-refractivity contribution is -0.122. The summed E-state index contributed by atoms with van der Waals surface area (Å²) in [5.41, 5.74) is 1.82. The molecule has 0 heterocycles. The molecule has 0 aliphatic rings. The highest BCUT2D eigenvalue weighted by Crippen LogP contribution is 2.10. The van der Waals surface area contributed by atoms with Crippen LogP contribution in [0.2, 0.25) is 0 Å². The number of carbonyl (C=O) groups excluding carboxylic acids is 2. The number of nitrogens with one attached hydrogen (secondary N) is 3. The maximum Gasteiger partial charge on any atom is 0.243 e. The first-order valence-electron chi connectivity index (χ1n) is 5.39. The van der Waals surface area contributed by atoms with E-state index in [0.717, 1.165) is 17.8 Å². The average molecular weight is 235 g/mol. The summed E-state index contributed by atoms with van der Waals surface area (Å²) in [5, 5.41) is 8.19. The molecule has 0 bridgehead atoms. The Morgan fingerprint density at radius 2 is 2.06 bits per heavy atom. The molecular formula is C12H17N3O2. The predicted molar refractivity (Wildman–Crippen MR) is 66.5 cm³/mol. The molecule has 5 heteroatoms. The van der Waals surface area contributed by atoms with E-state index in [2.05, 4.69) is 16.0 Å². The monoisotopic (exact) mass is 235 g/mol. The van der Waals surface area contributed by atoms with Crippen molar-refractivity contribution in [1.29, 1.82) is 0 Å². The number of hydrogen-bond acceptors (Lipinski definition) is 3. The van der Waals surface area contributed by atoms with Crippen molar-refractivity contribution in [2.75, 3.05) is 18.9 Å². The first-order chi connectivity index (χ1) is 8.11. The number of rotatable bonds is 5. The molecule has 0 aliphatic carbocycles. The average Bonchev–Trinajstić information content (AvgIpc) is 2.27. The molecule has 0 spiro atoms. The normalized spacial score (nSPS) is 9.76. The molecule has 0 aliphatic heterocycles. The smallest absolute Gasteiger partial charge is 0.243 e. The highest BCUT2D eigenvalue weighted by molar-refractivity contribution is 5.94. The summed E-state index contributed by atoms with van der Waals surface area (Å²) in [5.74, 6) is -0.453. The van der Waals surface area contributed by atoms with Crippen molar-refractivity contribution in [3.05, 3.63) is 29.8 Å². The summed E-state index contributed by atoms with van der Waals surface area (Å²) < 4.78 is 0. The van der Waals surface area contributed by atoms with Crippen molar-refractivity contribution in [3.63, 3.8) is 0 Å². The van der Waals surface area contributed by atoms with Crippen LogP contribution in [-0.2, 0) is 16.1 Å². The molecule has 1 aromatic carbocycles. The Morgan fingerprint density at radius 1 is 1.29 bits per heavy atom. The van der Waals surface area contributed by atoms with Gasteiger partial charge in [-0.1, -0.05) is 12.1 Å². The third kappa shape index (κ3) is 5.12. The molecule has 0 fully saturated rings. The zero-order chi connectivity index (χ0) is 12.7. The standard InChI is InChI=1S/C12H17N3O2/c1-9(16)14-8-12(17)15-11-5-3-4-10(6-11)7-13-2/h3-6,13H,7-8H2,1-2H3,(H,14,16)(H,15,17). The van der Waals surface area contributed by atoms with E-state index >= 15 is 0 Å². The van der Waals surface area contributed by atoms with Gasteiger partial charge in [-0.15, -0.1) is 0 Å². The first-order valence-corrected chi connectivity index (χ1v) is 5.39. The molecule has 1 aromatic rings. The number of hydrogen-bond donors (Lipinski definition) is 3. The lowest BCUT2D eigenvalue weighted by Gasteiger charge is -2.07. The van der Waals surface area contributed by atoms with Crippen LogP contribution in [0.1, 0.15) is 12.5 Å². The molecule has 17 heavy (non-hydrogen) atoms. The summed E-state index contributed by atoms with van der Waals surface area (Å²) >= 11 is 0. The topological polar surface area (TPSA) is 70.2 Å². The predicted octanol–water partition coefficient (Wildman–Crippen LogP) is 0.481. The molecule has 0 atom stereocenters. The van der Waals surface area contributed by atoms with E-state index < -0.39 is 0 Å². The third-order valence-electron chi connectivity index (χ3n) is 2.09. The van der Waals surface area contributed by atoms with E-state index in [0.29, 0.717) is 0 Å². The highest BCUT2D eigenvalue weighted by atomic mass is 16.2. The Kier molecular flexibility index (Phi) is 5.16. The van der Waals surface area contributed by atoms with E-state index in [1.807, 2.05) is 31.3 Å². The highest BCUT2D eigenvalue weighted by Gasteiger charge is 2.03. The van der Waals surface area contributed by atoms with Crippen LogP contribution in [-0.4, -0.2) is 25.4 Å². The fourth-order valence-electron chi connectivity index (χ4n) is 1.37. The number of carbonyl (C=O) groups is 2. The van der Waals surface area contributed by atoms with Crippen LogP contribution in [0.25, 0.3) is 0 Å². The minimum absolute atomic E-state index is 0.00834. The van der Waals surface area contributed by atoms with Gasteiger partial charge in [-0.2, -0.15) is 0 Å². The van der Waals surface area contributed by atoms with Crippen molar-refractivity contribution >= 4 is 17.5 Å². The zero-order valence-corrected chi connectivity index (χ0v) is 10.0. The number of anilines is 1. The van der Waals surface area contributed by atoms with E-state index in [1.54, 1.807) is 0 Å². The summed E-state index contributed by atoms with van der Waals surface area (Å²) in [6.07, 6.45) is 0. The van der Waals surface area contributed by atoms with Crippen LogP contribution in [0.4, 0.5) is 5.69 Å². The van der Waals surface area contributed by atoms with Crippen molar-refractivity contribution in [3.8, 4) is 0 Å². The zero-order valence-electron chi connectivity index (χ0n) is 10.0. The fraction of sp³-hybridized carbons (Fsp3) is 0.333. The third-order valence-corrected chi connectivity index (χ3v) is 2.09. The van der Waals surface area contributed by atoms with Crippen molar-refractivity contribution in [1.82, 2.24) is 10.6 Å². The van der Waals surface area contributed by atoms with Crippen LogP contribution in [0, 0.1) is 0 Å². The lowest BCUT2D eigenvalue weighted by atomic mass is 10.2. The second kappa shape index (κ2) is 6.65. The molecule has 0 aromatic heterocycles. The minimum Gasteiger partial charge on any atom is -0.347 e. The van der Waals surface area contributed by atoms with Gasteiger partial charge in [0.1, 0.15) is 0 Å². The fourth-order valence-corrected chi connectivity index (χ4v) is 1.37. The van der Waals surface area contributed by atoms with Crippen LogP contribution in [0.3, 0.4) is 0 Å². The maximum atomic E-state index is 11.4. The van der Waals surface area contributed by atoms with E-state index in [9.17, 15) is 9.59 Å².